The average molecular weight is 491 g/mol. The second kappa shape index (κ2) is 9.70. The molecule has 2 heterocycles. The average Bonchev–Trinajstić information content (AvgIpc) is 3.34. The van der Waals surface area contributed by atoms with E-state index in [1.807, 2.05) is 48.7 Å². The first-order valence-corrected chi connectivity index (χ1v) is 12.9. The van der Waals surface area contributed by atoms with Crippen LogP contribution in [0.1, 0.15) is 34.9 Å². The van der Waals surface area contributed by atoms with Crippen molar-refractivity contribution >= 4 is 27.3 Å². The molecule has 1 aromatic heterocycles. The normalized spacial score (nSPS) is 16.5. The van der Waals surface area contributed by atoms with E-state index in [2.05, 4.69) is 5.32 Å². The minimum atomic E-state index is -4.18. The third kappa shape index (κ3) is 5.15. The zero-order valence-corrected chi connectivity index (χ0v) is 19.6. The molecule has 9 heteroatoms. The maximum absolute atomic E-state index is 14.1. The van der Waals surface area contributed by atoms with Gasteiger partial charge in [0.15, 0.2) is 0 Å². The van der Waals surface area contributed by atoms with E-state index in [1.165, 1.54) is 0 Å². The monoisotopic (exact) mass is 490 g/mol. The number of aryl methyl sites for hydroxylation is 1. The van der Waals surface area contributed by atoms with Gasteiger partial charge in [-0.3, -0.25) is 4.79 Å². The van der Waals surface area contributed by atoms with Crippen LogP contribution in [0.15, 0.2) is 64.9 Å². The first-order chi connectivity index (χ1) is 15.8. The number of piperidine rings is 1. The van der Waals surface area contributed by atoms with Crippen LogP contribution in [0.3, 0.4) is 0 Å². The van der Waals surface area contributed by atoms with Crippen LogP contribution in [-0.4, -0.2) is 31.7 Å². The van der Waals surface area contributed by atoms with Crippen molar-refractivity contribution in [3.8, 4) is 0 Å². The molecule has 0 radical (unpaired) electrons. The van der Waals surface area contributed by atoms with Crippen LogP contribution in [0.2, 0.25) is 0 Å². The highest BCUT2D eigenvalue weighted by atomic mass is 32.2. The number of hydrogen-bond donors (Lipinski definition) is 1. The summed E-state index contributed by atoms with van der Waals surface area (Å²) in [5.74, 6) is -2.34. The molecular weight excluding hydrogens is 466 g/mol. The Hall–Kier alpha value is -2.62. The van der Waals surface area contributed by atoms with Gasteiger partial charge in [-0.15, -0.1) is 11.3 Å². The first kappa shape index (κ1) is 23.5. The number of thiophene rings is 1. The molecule has 1 N–H and O–H groups in total. The molecule has 5 nitrogen and oxygen atoms in total. The first-order valence-electron chi connectivity index (χ1n) is 10.6. The lowest BCUT2D eigenvalue weighted by atomic mass is 9.95. The lowest BCUT2D eigenvalue weighted by Gasteiger charge is -2.31. The third-order valence-corrected chi connectivity index (χ3v) is 8.71. The summed E-state index contributed by atoms with van der Waals surface area (Å²) in [6, 6.07) is 14.0. The number of nitrogens with one attached hydrogen (secondary N) is 1. The standard InChI is InChI=1S/C24H24F2N2O3S2/c1-16-4-6-17(7-5-16)23(21-3-2-14-32-21)27-24(29)18-10-12-28(13-11-18)33(30,31)22-15-19(25)8-9-20(22)26/h2-9,14-15,18,23H,10-13H2,1H3,(H,27,29)/t23-/m0/s1. The van der Waals surface area contributed by atoms with Gasteiger partial charge in [0, 0.05) is 23.9 Å². The molecule has 0 aliphatic carbocycles. The number of sulfonamides is 1. The Balaban J connectivity index is 1.45. The van der Waals surface area contributed by atoms with E-state index in [9.17, 15) is 22.0 Å². The molecule has 1 aliphatic rings. The molecule has 0 unspecified atom stereocenters. The van der Waals surface area contributed by atoms with Crippen molar-refractivity contribution < 1.29 is 22.0 Å². The minimum absolute atomic E-state index is 0.0601. The summed E-state index contributed by atoms with van der Waals surface area (Å²) in [6.07, 6.45) is 0.597. The van der Waals surface area contributed by atoms with Crippen LogP contribution < -0.4 is 5.32 Å². The second-order valence-electron chi connectivity index (χ2n) is 8.12. The third-order valence-electron chi connectivity index (χ3n) is 5.86. The van der Waals surface area contributed by atoms with E-state index < -0.39 is 26.6 Å². The molecule has 33 heavy (non-hydrogen) atoms. The Morgan fingerprint density at radius 1 is 1.09 bits per heavy atom. The summed E-state index contributed by atoms with van der Waals surface area (Å²) < 4.78 is 54.3. The van der Waals surface area contributed by atoms with E-state index in [0.29, 0.717) is 18.9 Å². The van der Waals surface area contributed by atoms with Gasteiger partial charge in [0.2, 0.25) is 15.9 Å². The molecule has 0 bridgehead atoms. The molecule has 1 fully saturated rings. The Bertz CT molecular complexity index is 1220. The number of carbonyl (C=O) groups is 1. The number of halogens is 2. The number of rotatable bonds is 6. The van der Waals surface area contributed by atoms with Crippen molar-refractivity contribution in [2.45, 2.75) is 30.7 Å². The molecule has 1 atom stereocenters. The largest absolute Gasteiger partial charge is 0.344 e. The summed E-state index contributed by atoms with van der Waals surface area (Å²) >= 11 is 1.55. The molecule has 1 saturated heterocycles. The SMILES string of the molecule is Cc1ccc([C@H](NC(=O)C2CCN(S(=O)(=O)c3cc(F)ccc3F)CC2)c2cccs2)cc1. The van der Waals surface area contributed by atoms with Crippen LogP contribution >= 0.6 is 11.3 Å². The Morgan fingerprint density at radius 3 is 2.42 bits per heavy atom. The molecule has 0 saturated carbocycles. The maximum Gasteiger partial charge on any atom is 0.246 e. The summed E-state index contributed by atoms with van der Waals surface area (Å²) in [5, 5.41) is 5.08. The molecular formula is C24H24F2N2O3S2. The van der Waals surface area contributed by atoms with Gasteiger partial charge in [-0.05, 0) is 55.0 Å². The van der Waals surface area contributed by atoms with Gasteiger partial charge < -0.3 is 5.32 Å². The van der Waals surface area contributed by atoms with Gasteiger partial charge in [0.25, 0.3) is 0 Å². The fourth-order valence-electron chi connectivity index (χ4n) is 3.97. The Labute approximate surface area is 196 Å². The van der Waals surface area contributed by atoms with Crippen molar-refractivity contribution in [2.75, 3.05) is 13.1 Å². The van der Waals surface area contributed by atoms with Crippen LogP contribution in [0.25, 0.3) is 0 Å². The van der Waals surface area contributed by atoms with E-state index in [1.54, 1.807) is 11.3 Å². The summed E-state index contributed by atoms with van der Waals surface area (Å²) in [6.45, 7) is 2.12. The molecule has 2 aromatic carbocycles. The molecule has 0 spiro atoms. The number of benzene rings is 2. The van der Waals surface area contributed by atoms with Crippen LogP contribution in [0, 0.1) is 24.5 Å². The van der Waals surface area contributed by atoms with Crippen molar-refractivity contribution in [2.24, 2.45) is 5.92 Å². The predicted octanol–water partition coefficient (Wildman–Crippen LogP) is 4.64. The summed E-state index contributed by atoms with van der Waals surface area (Å²) in [7, 11) is -4.18. The van der Waals surface area contributed by atoms with Crippen LogP contribution in [-0.2, 0) is 14.8 Å². The molecule has 1 aliphatic heterocycles. The number of hydrogen-bond acceptors (Lipinski definition) is 4. The molecule has 174 valence electrons. The smallest absolute Gasteiger partial charge is 0.246 e. The van der Waals surface area contributed by atoms with E-state index in [0.717, 1.165) is 32.4 Å². The van der Waals surface area contributed by atoms with Gasteiger partial charge in [0.1, 0.15) is 16.5 Å². The number of amides is 1. The van der Waals surface area contributed by atoms with E-state index in [4.69, 9.17) is 0 Å². The number of carbonyl (C=O) groups excluding carboxylic acids is 1. The van der Waals surface area contributed by atoms with Crippen LogP contribution in [0.4, 0.5) is 8.78 Å². The lowest BCUT2D eigenvalue weighted by Crippen LogP contribution is -2.43. The summed E-state index contributed by atoms with van der Waals surface area (Å²) in [5.41, 5.74) is 2.09. The predicted molar refractivity (Wildman–Crippen MR) is 123 cm³/mol. The fourth-order valence-corrected chi connectivity index (χ4v) is 6.31. The zero-order chi connectivity index (χ0) is 23.6. The molecule has 1 amide bonds. The lowest BCUT2D eigenvalue weighted by molar-refractivity contribution is -0.126. The zero-order valence-electron chi connectivity index (χ0n) is 18.0. The van der Waals surface area contributed by atoms with Gasteiger partial charge >= 0.3 is 0 Å². The van der Waals surface area contributed by atoms with E-state index >= 15 is 0 Å². The van der Waals surface area contributed by atoms with Crippen molar-refractivity contribution in [1.29, 1.82) is 0 Å². The quantitative estimate of drug-likeness (QED) is 0.547. The van der Waals surface area contributed by atoms with Crippen LogP contribution in [0.5, 0.6) is 0 Å². The van der Waals surface area contributed by atoms with Gasteiger partial charge in [0.05, 0.1) is 6.04 Å². The van der Waals surface area contributed by atoms with Crippen molar-refractivity contribution in [3.63, 3.8) is 0 Å². The summed E-state index contributed by atoms with van der Waals surface area (Å²) in [4.78, 5) is 13.4. The highest BCUT2D eigenvalue weighted by molar-refractivity contribution is 7.89. The molecule has 3 aromatic rings. The Morgan fingerprint density at radius 2 is 1.79 bits per heavy atom. The van der Waals surface area contributed by atoms with Gasteiger partial charge in [-0.1, -0.05) is 35.9 Å². The number of nitrogens with zero attached hydrogens (tertiary/aromatic N) is 1. The topological polar surface area (TPSA) is 66.5 Å². The van der Waals surface area contributed by atoms with E-state index in [-0.39, 0.29) is 31.0 Å². The maximum atomic E-state index is 14.1. The second-order valence-corrected chi connectivity index (χ2v) is 11.0. The molecule has 4 rings (SSSR count). The van der Waals surface area contributed by atoms with Gasteiger partial charge in [-0.25, -0.2) is 17.2 Å². The highest BCUT2D eigenvalue weighted by Gasteiger charge is 2.34. The highest BCUT2D eigenvalue weighted by Crippen LogP contribution is 2.29. The fraction of sp³-hybridized carbons (Fsp3) is 0.292. The Kier molecular flexibility index (Phi) is 6.92. The van der Waals surface area contributed by atoms with Gasteiger partial charge in [-0.2, -0.15) is 4.31 Å². The van der Waals surface area contributed by atoms with Crippen molar-refractivity contribution in [3.05, 3.63) is 87.6 Å². The van der Waals surface area contributed by atoms with Crippen molar-refractivity contribution in [1.82, 2.24) is 9.62 Å². The minimum Gasteiger partial charge on any atom is -0.344 e.